The molecule has 4 rings (SSSR count). The quantitative estimate of drug-likeness (QED) is 0.870. The lowest BCUT2D eigenvalue weighted by molar-refractivity contribution is -0.161. The van der Waals surface area contributed by atoms with Crippen molar-refractivity contribution < 1.29 is 19.1 Å². The van der Waals surface area contributed by atoms with Crippen molar-refractivity contribution in [2.24, 2.45) is 0 Å². The second kappa shape index (κ2) is 6.34. The maximum atomic E-state index is 12.8. The fourth-order valence-electron chi connectivity index (χ4n) is 3.83. The highest BCUT2D eigenvalue weighted by Gasteiger charge is 2.42. The maximum Gasteiger partial charge on any atom is 0.246 e. The van der Waals surface area contributed by atoms with E-state index in [1.165, 1.54) is 4.90 Å². The van der Waals surface area contributed by atoms with Gasteiger partial charge in [-0.3, -0.25) is 9.59 Å². The molecular weight excluding hydrogens is 346 g/mol. The number of piperidine rings is 1. The number of carbonyl (C=O) groups is 2. The summed E-state index contributed by atoms with van der Waals surface area (Å²) in [6, 6.07) is 5.35. The van der Waals surface area contributed by atoms with Crippen molar-refractivity contribution in [3.8, 4) is 0 Å². The van der Waals surface area contributed by atoms with Gasteiger partial charge >= 0.3 is 0 Å². The zero-order valence-corrected chi connectivity index (χ0v) is 15.9. The van der Waals surface area contributed by atoms with E-state index in [1.807, 2.05) is 18.2 Å². The molecule has 2 fully saturated rings. The Morgan fingerprint density at radius 2 is 2.07 bits per heavy atom. The van der Waals surface area contributed by atoms with Crippen molar-refractivity contribution in [1.29, 1.82) is 0 Å². The number of aliphatic hydroxyl groups excluding tert-OH is 1. The van der Waals surface area contributed by atoms with Gasteiger partial charge in [-0.2, -0.15) is 0 Å². The molecule has 2 aliphatic heterocycles. The molecule has 7 heteroatoms. The number of amides is 2. The van der Waals surface area contributed by atoms with Crippen LogP contribution in [0.4, 0.5) is 0 Å². The lowest BCUT2D eigenvalue weighted by Gasteiger charge is -2.43. The average Bonchev–Trinajstić information content (AvgIpc) is 3.00. The van der Waals surface area contributed by atoms with Gasteiger partial charge < -0.3 is 19.3 Å². The first kappa shape index (κ1) is 18.0. The van der Waals surface area contributed by atoms with Gasteiger partial charge in [0.05, 0.1) is 12.6 Å². The molecule has 2 aliphatic rings. The first-order chi connectivity index (χ1) is 12.7. The van der Waals surface area contributed by atoms with Gasteiger partial charge in [0, 0.05) is 13.0 Å². The van der Waals surface area contributed by atoms with E-state index in [0.717, 1.165) is 11.1 Å². The summed E-state index contributed by atoms with van der Waals surface area (Å²) in [5, 5.41) is 9.88. The van der Waals surface area contributed by atoms with Crippen LogP contribution in [0.1, 0.15) is 45.1 Å². The topological polar surface area (TPSA) is 86.9 Å². The van der Waals surface area contributed by atoms with E-state index < -0.39 is 12.1 Å². The average molecular weight is 371 g/mol. The van der Waals surface area contributed by atoms with Crippen LogP contribution in [0.15, 0.2) is 22.6 Å². The molecule has 1 N–H and O–H groups in total. The van der Waals surface area contributed by atoms with Crippen LogP contribution in [0.2, 0.25) is 0 Å². The second-order valence-corrected chi connectivity index (χ2v) is 8.52. The molecule has 0 saturated carbocycles. The van der Waals surface area contributed by atoms with Gasteiger partial charge in [-0.15, -0.1) is 0 Å². The normalized spacial score (nSPS) is 23.9. The molecule has 27 heavy (non-hydrogen) atoms. The number of fused-ring (bicyclic) bond motifs is 2. The van der Waals surface area contributed by atoms with Crippen LogP contribution in [0, 0.1) is 0 Å². The molecule has 0 bridgehead atoms. The Hall–Kier alpha value is -2.41. The summed E-state index contributed by atoms with van der Waals surface area (Å²) in [6.07, 6.45) is 0.281. The van der Waals surface area contributed by atoms with Crippen molar-refractivity contribution in [3.63, 3.8) is 0 Å². The summed E-state index contributed by atoms with van der Waals surface area (Å²) in [7, 11) is 0. The maximum absolute atomic E-state index is 12.8. The molecule has 1 aromatic heterocycles. The third-order valence-electron chi connectivity index (χ3n) is 5.44. The Morgan fingerprint density at radius 3 is 2.81 bits per heavy atom. The predicted octanol–water partition coefficient (Wildman–Crippen LogP) is 1.82. The summed E-state index contributed by atoms with van der Waals surface area (Å²) in [5.41, 5.74) is 2.59. The van der Waals surface area contributed by atoms with Crippen molar-refractivity contribution in [2.45, 2.75) is 57.7 Å². The number of carbonyl (C=O) groups excluding carboxylic acids is 2. The third-order valence-corrected chi connectivity index (χ3v) is 5.44. The number of aromatic nitrogens is 1. The third kappa shape index (κ3) is 3.32. The van der Waals surface area contributed by atoms with Crippen LogP contribution >= 0.6 is 0 Å². The van der Waals surface area contributed by atoms with Gasteiger partial charge in [0.15, 0.2) is 5.58 Å². The standard InChI is InChI=1S/C20H25N3O4/c1-20(2,3)12-4-5-16-14(8-12)21-17(27-16)10-22-11-18(25)23-7-6-13(24)9-15(23)19(22)26/h4-5,8,13,15,24H,6-7,9-11H2,1-3H3/t13-,15+/m1/s1. The van der Waals surface area contributed by atoms with Gasteiger partial charge in [0.1, 0.15) is 18.1 Å². The van der Waals surface area contributed by atoms with Crippen molar-refractivity contribution in [2.75, 3.05) is 13.1 Å². The fraction of sp³-hybridized carbons (Fsp3) is 0.550. The summed E-state index contributed by atoms with van der Waals surface area (Å²) in [5.74, 6) is 0.186. The molecule has 1 aromatic carbocycles. The molecule has 0 aliphatic carbocycles. The van der Waals surface area contributed by atoms with Crippen LogP contribution in [0.25, 0.3) is 11.1 Å². The van der Waals surface area contributed by atoms with E-state index in [1.54, 1.807) is 4.90 Å². The molecule has 7 nitrogen and oxygen atoms in total. The molecule has 0 radical (unpaired) electrons. The van der Waals surface area contributed by atoms with Crippen molar-refractivity contribution >= 4 is 22.9 Å². The number of oxazole rings is 1. The Kier molecular flexibility index (Phi) is 4.22. The highest BCUT2D eigenvalue weighted by molar-refractivity contribution is 5.95. The van der Waals surface area contributed by atoms with E-state index in [-0.39, 0.29) is 30.3 Å². The summed E-state index contributed by atoms with van der Waals surface area (Å²) in [6.45, 7) is 7.03. The second-order valence-electron chi connectivity index (χ2n) is 8.52. The molecule has 2 amide bonds. The predicted molar refractivity (Wildman–Crippen MR) is 98.9 cm³/mol. The van der Waals surface area contributed by atoms with E-state index in [2.05, 4.69) is 25.8 Å². The Bertz CT molecular complexity index is 898. The van der Waals surface area contributed by atoms with Gasteiger partial charge in [0.2, 0.25) is 17.7 Å². The minimum atomic E-state index is -0.577. The zero-order valence-electron chi connectivity index (χ0n) is 15.9. The number of piperazine rings is 1. The number of hydrogen-bond acceptors (Lipinski definition) is 5. The van der Waals surface area contributed by atoms with Crippen LogP contribution < -0.4 is 0 Å². The van der Waals surface area contributed by atoms with Crippen LogP contribution in [-0.2, 0) is 21.5 Å². The highest BCUT2D eigenvalue weighted by atomic mass is 16.3. The van der Waals surface area contributed by atoms with E-state index in [0.29, 0.717) is 30.9 Å². The number of benzene rings is 1. The monoisotopic (exact) mass is 371 g/mol. The minimum absolute atomic E-state index is 0.00777. The summed E-state index contributed by atoms with van der Waals surface area (Å²) >= 11 is 0. The molecule has 3 heterocycles. The Labute approximate surface area is 157 Å². The lowest BCUT2D eigenvalue weighted by atomic mass is 9.87. The van der Waals surface area contributed by atoms with Gasteiger partial charge in [-0.25, -0.2) is 4.98 Å². The first-order valence-electron chi connectivity index (χ1n) is 9.38. The van der Waals surface area contributed by atoms with Crippen LogP contribution in [0.5, 0.6) is 0 Å². The largest absolute Gasteiger partial charge is 0.439 e. The fourth-order valence-corrected chi connectivity index (χ4v) is 3.83. The van der Waals surface area contributed by atoms with Gasteiger partial charge in [0.25, 0.3) is 0 Å². The summed E-state index contributed by atoms with van der Waals surface area (Å²) in [4.78, 5) is 32.8. The van der Waals surface area contributed by atoms with Crippen LogP contribution in [0.3, 0.4) is 0 Å². The number of aliphatic hydroxyl groups is 1. The number of nitrogens with zero attached hydrogens (tertiary/aromatic N) is 3. The van der Waals surface area contributed by atoms with Crippen molar-refractivity contribution in [3.05, 3.63) is 29.7 Å². The summed E-state index contributed by atoms with van der Waals surface area (Å²) < 4.78 is 5.80. The molecular formula is C20H25N3O4. The van der Waals surface area contributed by atoms with Crippen LogP contribution in [-0.4, -0.2) is 56.9 Å². The van der Waals surface area contributed by atoms with Crippen molar-refractivity contribution in [1.82, 2.24) is 14.8 Å². The van der Waals surface area contributed by atoms with E-state index >= 15 is 0 Å². The molecule has 2 atom stereocenters. The van der Waals surface area contributed by atoms with E-state index in [9.17, 15) is 14.7 Å². The SMILES string of the molecule is CC(C)(C)c1ccc2oc(CN3CC(=O)N4CC[C@@H](O)C[C@H]4C3=O)nc2c1. The number of hydrogen-bond donors (Lipinski definition) is 1. The van der Waals surface area contributed by atoms with Gasteiger partial charge in [-0.05, 0) is 29.5 Å². The Balaban J connectivity index is 1.56. The molecule has 0 unspecified atom stereocenters. The van der Waals surface area contributed by atoms with E-state index in [4.69, 9.17) is 4.42 Å². The van der Waals surface area contributed by atoms with Gasteiger partial charge in [-0.1, -0.05) is 26.8 Å². The first-order valence-corrected chi connectivity index (χ1v) is 9.38. The lowest BCUT2D eigenvalue weighted by Crippen LogP contribution is -2.62. The minimum Gasteiger partial charge on any atom is -0.439 e. The smallest absolute Gasteiger partial charge is 0.246 e. The molecule has 144 valence electrons. The highest BCUT2D eigenvalue weighted by Crippen LogP contribution is 2.28. The molecule has 2 aromatic rings. The molecule has 0 spiro atoms. The number of rotatable bonds is 2. The Morgan fingerprint density at radius 1 is 1.30 bits per heavy atom. The molecule has 2 saturated heterocycles. The zero-order chi connectivity index (χ0) is 19.3.